The zero-order valence-corrected chi connectivity index (χ0v) is 11.6. The molecule has 0 spiro atoms. The van der Waals surface area contributed by atoms with Crippen LogP contribution in [0.25, 0.3) is 0 Å². The van der Waals surface area contributed by atoms with Crippen LogP contribution >= 0.6 is 0 Å². The summed E-state index contributed by atoms with van der Waals surface area (Å²) in [5, 5.41) is 3.31. The smallest absolute Gasteiger partial charge is 0.135 e. The van der Waals surface area contributed by atoms with Crippen molar-refractivity contribution in [1.29, 1.82) is 0 Å². The molecule has 1 aliphatic heterocycles. The molecule has 1 fully saturated rings. The van der Waals surface area contributed by atoms with E-state index in [2.05, 4.69) is 39.2 Å². The summed E-state index contributed by atoms with van der Waals surface area (Å²) in [6.45, 7) is 3.89. The maximum Gasteiger partial charge on any atom is 0.135 e. The molecule has 2 aromatic rings. The van der Waals surface area contributed by atoms with Crippen LogP contribution in [0.15, 0.2) is 36.7 Å². The second kappa shape index (κ2) is 5.46. The first kappa shape index (κ1) is 12.9. The lowest BCUT2D eigenvalue weighted by atomic mass is 10.2. The maximum absolute atomic E-state index is 5.94. The van der Waals surface area contributed by atoms with Gasteiger partial charge in [0.2, 0.25) is 0 Å². The van der Waals surface area contributed by atoms with E-state index < -0.39 is 0 Å². The van der Waals surface area contributed by atoms with Crippen LogP contribution in [0.5, 0.6) is 0 Å². The van der Waals surface area contributed by atoms with E-state index in [0.29, 0.717) is 0 Å². The average molecular weight is 269 g/mol. The fraction of sp³-hybridized carbons (Fsp3) is 0.333. The molecule has 0 amide bonds. The molecule has 20 heavy (non-hydrogen) atoms. The first-order chi connectivity index (χ1) is 9.70. The highest BCUT2D eigenvalue weighted by atomic mass is 15.2. The molecule has 104 valence electrons. The number of nitrogens with one attached hydrogen (secondary N) is 1. The molecule has 0 saturated carbocycles. The van der Waals surface area contributed by atoms with Gasteiger partial charge in [0.25, 0.3) is 0 Å². The molecule has 0 aliphatic carbocycles. The van der Waals surface area contributed by atoms with Crippen LogP contribution in [-0.4, -0.2) is 29.1 Å². The van der Waals surface area contributed by atoms with Crippen molar-refractivity contribution in [3.63, 3.8) is 0 Å². The van der Waals surface area contributed by atoms with E-state index in [-0.39, 0.29) is 6.04 Å². The third-order valence-corrected chi connectivity index (χ3v) is 3.49. The molecule has 3 N–H and O–H groups in total. The van der Waals surface area contributed by atoms with Crippen LogP contribution in [0.1, 0.15) is 12.0 Å². The molecule has 1 unspecified atom stereocenters. The van der Waals surface area contributed by atoms with E-state index in [1.165, 1.54) is 5.56 Å². The van der Waals surface area contributed by atoms with E-state index >= 15 is 0 Å². The first-order valence-corrected chi connectivity index (χ1v) is 6.87. The highest BCUT2D eigenvalue weighted by Crippen LogP contribution is 2.21. The average Bonchev–Trinajstić information content (AvgIpc) is 2.86. The highest BCUT2D eigenvalue weighted by molar-refractivity contribution is 5.60. The molecule has 1 aromatic carbocycles. The molecule has 1 aromatic heterocycles. The van der Waals surface area contributed by atoms with Crippen molar-refractivity contribution >= 4 is 17.3 Å². The number of hydrogen-bond donors (Lipinski definition) is 2. The van der Waals surface area contributed by atoms with Gasteiger partial charge in [-0.1, -0.05) is 12.1 Å². The summed E-state index contributed by atoms with van der Waals surface area (Å²) in [6.07, 6.45) is 2.61. The predicted molar refractivity (Wildman–Crippen MR) is 81.3 cm³/mol. The van der Waals surface area contributed by atoms with E-state index in [1.807, 2.05) is 18.2 Å². The summed E-state index contributed by atoms with van der Waals surface area (Å²) in [4.78, 5) is 10.8. The Morgan fingerprint density at radius 3 is 2.95 bits per heavy atom. The van der Waals surface area contributed by atoms with Gasteiger partial charge in [-0.15, -0.1) is 0 Å². The molecule has 0 bridgehead atoms. The molecule has 1 atom stereocenters. The van der Waals surface area contributed by atoms with Crippen LogP contribution < -0.4 is 16.0 Å². The zero-order valence-electron chi connectivity index (χ0n) is 11.6. The second-order valence-corrected chi connectivity index (χ2v) is 5.25. The number of aromatic nitrogens is 2. The molecule has 3 rings (SSSR count). The Balaban J connectivity index is 1.77. The minimum absolute atomic E-state index is 0.248. The van der Waals surface area contributed by atoms with Crippen molar-refractivity contribution in [3.8, 4) is 0 Å². The topological polar surface area (TPSA) is 67.1 Å². The van der Waals surface area contributed by atoms with Crippen molar-refractivity contribution in [2.24, 2.45) is 5.73 Å². The van der Waals surface area contributed by atoms with Crippen molar-refractivity contribution in [2.75, 3.05) is 23.3 Å². The minimum Gasteiger partial charge on any atom is -0.355 e. The number of anilines is 3. The molecule has 1 aliphatic rings. The van der Waals surface area contributed by atoms with Crippen molar-refractivity contribution in [3.05, 3.63) is 42.2 Å². The van der Waals surface area contributed by atoms with Crippen LogP contribution in [0.2, 0.25) is 0 Å². The third-order valence-electron chi connectivity index (χ3n) is 3.49. The number of aryl methyl sites for hydroxylation is 1. The number of rotatable bonds is 3. The lowest BCUT2D eigenvalue weighted by Gasteiger charge is -2.17. The predicted octanol–water partition coefficient (Wildman–Crippen LogP) is 2.07. The molecule has 2 heterocycles. The Morgan fingerprint density at radius 1 is 1.30 bits per heavy atom. The number of nitrogens with zero attached hydrogens (tertiary/aromatic N) is 3. The molecule has 1 saturated heterocycles. The SMILES string of the molecule is Cc1cccc(Nc2cc(N3CCC(N)C3)ncn2)c1. The number of hydrogen-bond acceptors (Lipinski definition) is 5. The number of benzene rings is 1. The minimum atomic E-state index is 0.248. The van der Waals surface area contributed by atoms with E-state index in [9.17, 15) is 0 Å². The van der Waals surface area contributed by atoms with E-state index in [0.717, 1.165) is 36.8 Å². The van der Waals surface area contributed by atoms with Gasteiger partial charge in [0, 0.05) is 30.9 Å². The fourth-order valence-corrected chi connectivity index (χ4v) is 2.45. The van der Waals surface area contributed by atoms with Gasteiger partial charge in [-0.25, -0.2) is 9.97 Å². The van der Waals surface area contributed by atoms with Gasteiger partial charge in [-0.2, -0.15) is 0 Å². The Bertz CT molecular complexity index is 598. The summed E-state index contributed by atoms with van der Waals surface area (Å²) in [5.74, 6) is 1.74. The van der Waals surface area contributed by atoms with Crippen LogP contribution in [0.4, 0.5) is 17.3 Å². The quantitative estimate of drug-likeness (QED) is 0.893. The monoisotopic (exact) mass is 269 g/mol. The Kier molecular flexibility index (Phi) is 3.52. The largest absolute Gasteiger partial charge is 0.355 e. The second-order valence-electron chi connectivity index (χ2n) is 5.25. The Labute approximate surface area is 118 Å². The Hall–Kier alpha value is -2.14. The molecule has 5 nitrogen and oxygen atoms in total. The van der Waals surface area contributed by atoms with Gasteiger partial charge in [-0.3, -0.25) is 0 Å². The van der Waals surface area contributed by atoms with Crippen molar-refractivity contribution in [2.45, 2.75) is 19.4 Å². The molecular formula is C15H19N5. The standard InChI is InChI=1S/C15H19N5/c1-11-3-2-4-13(7-11)19-14-8-15(18-10-17-14)20-6-5-12(16)9-20/h2-4,7-8,10,12H,5-6,9,16H2,1H3,(H,17,18,19). The third kappa shape index (κ3) is 2.88. The van der Waals surface area contributed by atoms with Crippen LogP contribution in [-0.2, 0) is 0 Å². The van der Waals surface area contributed by atoms with Crippen LogP contribution in [0.3, 0.4) is 0 Å². The van der Waals surface area contributed by atoms with Gasteiger partial charge in [-0.05, 0) is 31.0 Å². The first-order valence-electron chi connectivity index (χ1n) is 6.87. The summed E-state index contributed by atoms with van der Waals surface area (Å²) in [6, 6.07) is 10.4. The van der Waals surface area contributed by atoms with Crippen molar-refractivity contribution < 1.29 is 0 Å². The molecule has 5 heteroatoms. The number of nitrogens with two attached hydrogens (primary N) is 1. The van der Waals surface area contributed by atoms with Gasteiger partial charge < -0.3 is 16.0 Å². The lowest BCUT2D eigenvalue weighted by Crippen LogP contribution is -2.26. The van der Waals surface area contributed by atoms with Crippen molar-refractivity contribution in [1.82, 2.24) is 9.97 Å². The summed E-state index contributed by atoms with van der Waals surface area (Å²) < 4.78 is 0. The summed E-state index contributed by atoms with van der Waals surface area (Å²) in [7, 11) is 0. The van der Waals surface area contributed by atoms with Gasteiger partial charge in [0.05, 0.1) is 0 Å². The van der Waals surface area contributed by atoms with E-state index in [4.69, 9.17) is 5.73 Å². The maximum atomic E-state index is 5.94. The molecule has 0 radical (unpaired) electrons. The summed E-state index contributed by atoms with van der Waals surface area (Å²) >= 11 is 0. The lowest BCUT2D eigenvalue weighted by molar-refractivity contribution is 0.751. The van der Waals surface area contributed by atoms with Gasteiger partial charge in [0.15, 0.2) is 0 Å². The normalized spacial score (nSPS) is 18.3. The highest BCUT2D eigenvalue weighted by Gasteiger charge is 2.20. The summed E-state index contributed by atoms with van der Waals surface area (Å²) in [5.41, 5.74) is 8.19. The van der Waals surface area contributed by atoms with E-state index in [1.54, 1.807) is 6.33 Å². The van der Waals surface area contributed by atoms with Crippen LogP contribution in [0, 0.1) is 6.92 Å². The van der Waals surface area contributed by atoms with Gasteiger partial charge in [0.1, 0.15) is 18.0 Å². The zero-order chi connectivity index (χ0) is 13.9. The molecular weight excluding hydrogens is 250 g/mol. The fourth-order valence-electron chi connectivity index (χ4n) is 2.45. The van der Waals surface area contributed by atoms with Gasteiger partial charge >= 0.3 is 0 Å². The Morgan fingerprint density at radius 2 is 2.20 bits per heavy atom.